The molecule has 3 heterocycles. The quantitative estimate of drug-likeness (QED) is 0.0838. The number of aryl methyl sites for hydroxylation is 1. The molecule has 3 aliphatic heterocycles. The molecular formula is C47H61N3O8S. The normalized spacial score (nSPS) is 18.2. The van der Waals surface area contributed by atoms with Crippen LogP contribution in [0.1, 0.15) is 151 Å². The van der Waals surface area contributed by atoms with Crippen LogP contribution in [0.25, 0.3) is 0 Å². The number of sulfone groups is 1. The zero-order chi connectivity index (χ0) is 41.9. The van der Waals surface area contributed by atoms with E-state index in [2.05, 4.69) is 28.4 Å². The molecule has 4 amide bonds. The van der Waals surface area contributed by atoms with Gasteiger partial charge in [0.15, 0.2) is 11.5 Å². The van der Waals surface area contributed by atoms with Gasteiger partial charge in [-0.15, -0.1) is 0 Å². The lowest BCUT2D eigenvalue weighted by Gasteiger charge is -2.32. The van der Waals surface area contributed by atoms with Crippen LogP contribution in [0.2, 0.25) is 0 Å². The Balaban J connectivity index is 0.883. The first-order valence-corrected chi connectivity index (χ1v) is 23.7. The van der Waals surface area contributed by atoms with Crippen molar-refractivity contribution >= 4 is 33.5 Å². The molecule has 1 N–H and O–H groups in total. The summed E-state index contributed by atoms with van der Waals surface area (Å²) in [5, 5.41) is 2.49. The van der Waals surface area contributed by atoms with Gasteiger partial charge in [-0.05, 0) is 111 Å². The number of fused-ring (bicyclic) bond motifs is 1. The predicted molar refractivity (Wildman–Crippen MR) is 229 cm³/mol. The molecule has 3 aliphatic rings. The largest absolute Gasteiger partial charge is 0.493 e. The molecule has 0 saturated carbocycles. The van der Waals surface area contributed by atoms with E-state index in [1.165, 1.54) is 51.2 Å². The SMILES string of the molecule is CCOc1cc([C@@H](CS(C)(=O)=O)N2C(=O)c3cccc(CCCCCCCCCCCN4CCC(c5cccc(C6CCC(=O)NC6=O)c5)CC4)c3C2=O)ccc1OC. The van der Waals surface area contributed by atoms with Crippen LogP contribution >= 0.6 is 0 Å². The van der Waals surface area contributed by atoms with E-state index in [4.69, 9.17) is 9.47 Å². The minimum absolute atomic E-state index is 0.172. The number of hydrogen-bond acceptors (Lipinski definition) is 9. The summed E-state index contributed by atoms with van der Waals surface area (Å²) in [7, 11) is -2.06. The van der Waals surface area contributed by atoms with Gasteiger partial charge in [-0.3, -0.25) is 29.4 Å². The highest BCUT2D eigenvalue weighted by atomic mass is 32.2. The molecule has 59 heavy (non-hydrogen) atoms. The zero-order valence-corrected chi connectivity index (χ0v) is 35.8. The van der Waals surface area contributed by atoms with Gasteiger partial charge in [0.1, 0.15) is 9.84 Å². The summed E-state index contributed by atoms with van der Waals surface area (Å²) >= 11 is 0. The Morgan fingerprint density at radius 1 is 0.780 bits per heavy atom. The number of nitrogens with one attached hydrogen (secondary N) is 1. The Morgan fingerprint density at radius 3 is 2.14 bits per heavy atom. The van der Waals surface area contributed by atoms with Gasteiger partial charge in [0.2, 0.25) is 11.8 Å². The van der Waals surface area contributed by atoms with Gasteiger partial charge in [-0.2, -0.15) is 0 Å². The molecular weight excluding hydrogens is 767 g/mol. The van der Waals surface area contributed by atoms with Crippen LogP contribution in [0.15, 0.2) is 60.7 Å². The molecule has 3 aromatic rings. The molecule has 0 spiro atoms. The number of imide groups is 2. The van der Waals surface area contributed by atoms with Crippen LogP contribution in [-0.2, 0) is 25.8 Å². The molecule has 2 fully saturated rings. The van der Waals surface area contributed by atoms with Gasteiger partial charge in [0.25, 0.3) is 11.8 Å². The first-order chi connectivity index (χ1) is 28.5. The summed E-state index contributed by atoms with van der Waals surface area (Å²) in [6, 6.07) is 17.8. The van der Waals surface area contributed by atoms with Gasteiger partial charge in [-0.1, -0.05) is 87.4 Å². The number of methoxy groups -OCH3 is 1. The molecule has 12 heteroatoms. The maximum absolute atomic E-state index is 14.0. The van der Waals surface area contributed by atoms with Crippen molar-refractivity contribution < 1.29 is 37.1 Å². The Bertz CT molecular complexity index is 2080. The number of nitrogens with zero attached hydrogens (tertiary/aromatic N) is 2. The predicted octanol–water partition coefficient (Wildman–Crippen LogP) is 7.93. The van der Waals surface area contributed by atoms with E-state index in [9.17, 15) is 27.6 Å². The lowest BCUT2D eigenvalue weighted by molar-refractivity contribution is -0.134. The standard InChI is InChI=1S/C47H61N3O8S/c1-4-58-42-31-37(21-23-41(42)57-2)40(32-59(3,55)56)50-46(53)39-20-15-17-34(44(39)47(50)54)16-12-10-8-6-5-7-9-11-13-27-49-28-25-33(26-29-49)35-18-14-19-36(30-35)38-22-24-43(51)48-45(38)52/h14-15,17-21,23,30-31,33,38,40H,4-13,16,22,24-29,32H2,1-3H3,(H,48,51,52)/t38?,40-/m1/s1. The number of hydrogen-bond donors (Lipinski definition) is 1. The highest BCUT2D eigenvalue weighted by Gasteiger charge is 2.43. The maximum Gasteiger partial charge on any atom is 0.262 e. The summed E-state index contributed by atoms with van der Waals surface area (Å²) < 4.78 is 36.4. The van der Waals surface area contributed by atoms with Crippen LogP contribution in [0, 0.1) is 0 Å². The summed E-state index contributed by atoms with van der Waals surface area (Å²) in [5.41, 5.74) is 4.36. The van der Waals surface area contributed by atoms with Gasteiger partial charge in [0, 0.05) is 12.7 Å². The van der Waals surface area contributed by atoms with E-state index in [-0.39, 0.29) is 17.7 Å². The van der Waals surface area contributed by atoms with Crippen LogP contribution in [-0.4, -0.2) is 87.2 Å². The highest BCUT2D eigenvalue weighted by Crippen LogP contribution is 2.38. The van der Waals surface area contributed by atoms with Gasteiger partial charge in [-0.25, -0.2) is 8.42 Å². The third-order valence-corrected chi connectivity index (χ3v) is 13.1. The average molecular weight is 828 g/mol. The van der Waals surface area contributed by atoms with Gasteiger partial charge in [0.05, 0.1) is 42.6 Å². The first-order valence-electron chi connectivity index (χ1n) is 21.6. The third-order valence-electron chi connectivity index (χ3n) is 12.2. The van der Waals surface area contributed by atoms with Crippen molar-refractivity contribution in [1.29, 1.82) is 0 Å². The third kappa shape index (κ3) is 11.4. The summed E-state index contributed by atoms with van der Waals surface area (Å²) in [5.74, 6) is -0.512. The van der Waals surface area contributed by atoms with E-state index in [0.29, 0.717) is 60.0 Å². The lowest BCUT2D eigenvalue weighted by atomic mass is 9.84. The fourth-order valence-electron chi connectivity index (χ4n) is 9.06. The maximum atomic E-state index is 14.0. The Morgan fingerprint density at radius 2 is 1.46 bits per heavy atom. The molecule has 0 aliphatic carbocycles. The second-order valence-corrected chi connectivity index (χ2v) is 18.7. The van der Waals surface area contributed by atoms with Crippen LogP contribution < -0.4 is 14.8 Å². The average Bonchev–Trinajstić information content (AvgIpc) is 3.48. The van der Waals surface area contributed by atoms with E-state index < -0.39 is 33.4 Å². The number of amides is 4. The van der Waals surface area contributed by atoms with Crippen molar-refractivity contribution in [2.75, 3.05) is 45.4 Å². The smallest absolute Gasteiger partial charge is 0.262 e. The van der Waals surface area contributed by atoms with E-state index in [1.807, 2.05) is 25.1 Å². The van der Waals surface area contributed by atoms with Crippen molar-refractivity contribution in [3.05, 3.63) is 94.0 Å². The molecule has 2 atom stereocenters. The second-order valence-electron chi connectivity index (χ2n) is 16.5. The number of rotatable bonds is 21. The van der Waals surface area contributed by atoms with Gasteiger partial charge >= 0.3 is 0 Å². The number of piperidine rings is 2. The van der Waals surface area contributed by atoms with E-state index >= 15 is 0 Å². The first kappa shape index (κ1) is 44.0. The second kappa shape index (κ2) is 20.6. The number of ether oxygens (including phenoxy) is 2. The number of benzene rings is 3. The van der Waals surface area contributed by atoms with Crippen molar-refractivity contribution in [2.45, 2.75) is 115 Å². The topological polar surface area (TPSA) is 139 Å². The number of carbonyl (C=O) groups is 4. The number of carbonyl (C=O) groups excluding carboxylic acids is 4. The van der Waals surface area contributed by atoms with E-state index in [0.717, 1.165) is 74.0 Å². The Kier molecular flexibility index (Phi) is 15.4. The molecule has 2 saturated heterocycles. The number of likely N-dealkylation sites (tertiary alicyclic amines) is 1. The van der Waals surface area contributed by atoms with Crippen LogP contribution in [0.3, 0.4) is 0 Å². The molecule has 11 nitrogen and oxygen atoms in total. The number of unbranched alkanes of at least 4 members (excludes halogenated alkanes) is 8. The monoisotopic (exact) mass is 827 g/mol. The van der Waals surface area contributed by atoms with Crippen LogP contribution in [0.4, 0.5) is 0 Å². The fourth-order valence-corrected chi connectivity index (χ4v) is 9.97. The minimum Gasteiger partial charge on any atom is -0.493 e. The molecule has 0 radical (unpaired) electrons. The van der Waals surface area contributed by atoms with Crippen molar-refractivity contribution in [3.8, 4) is 11.5 Å². The molecule has 318 valence electrons. The molecule has 6 rings (SSSR count). The summed E-state index contributed by atoms with van der Waals surface area (Å²) in [6.07, 6.45) is 15.4. The highest BCUT2D eigenvalue weighted by molar-refractivity contribution is 7.90. The van der Waals surface area contributed by atoms with Crippen molar-refractivity contribution in [1.82, 2.24) is 15.1 Å². The Hall–Kier alpha value is -4.55. The molecule has 0 bridgehead atoms. The van der Waals surface area contributed by atoms with Crippen molar-refractivity contribution in [3.63, 3.8) is 0 Å². The summed E-state index contributed by atoms with van der Waals surface area (Å²) in [6.45, 7) is 5.55. The summed E-state index contributed by atoms with van der Waals surface area (Å²) in [4.78, 5) is 55.5. The Labute approximate surface area is 350 Å². The lowest BCUT2D eigenvalue weighted by Crippen LogP contribution is -2.39. The fraction of sp³-hybridized carbons (Fsp3) is 0.532. The molecule has 1 unspecified atom stereocenters. The van der Waals surface area contributed by atoms with Crippen molar-refractivity contribution in [2.24, 2.45) is 0 Å². The minimum atomic E-state index is -3.58. The zero-order valence-electron chi connectivity index (χ0n) is 35.0. The molecule has 3 aromatic carbocycles. The van der Waals surface area contributed by atoms with Crippen LogP contribution in [0.5, 0.6) is 11.5 Å². The molecule has 0 aromatic heterocycles. The van der Waals surface area contributed by atoms with E-state index in [1.54, 1.807) is 24.3 Å². The van der Waals surface area contributed by atoms with Gasteiger partial charge < -0.3 is 14.4 Å².